The van der Waals surface area contributed by atoms with E-state index in [2.05, 4.69) is 27.5 Å². The van der Waals surface area contributed by atoms with Crippen molar-refractivity contribution in [3.05, 3.63) is 34.4 Å². The highest BCUT2D eigenvalue weighted by atomic mass is 15.3. The summed E-state index contributed by atoms with van der Waals surface area (Å²) in [6, 6.07) is 0. The molecule has 0 amide bonds. The van der Waals surface area contributed by atoms with E-state index in [1.807, 2.05) is 31.8 Å². The van der Waals surface area contributed by atoms with Crippen LogP contribution in [0, 0.1) is 20.8 Å². The van der Waals surface area contributed by atoms with Gasteiger partial charge < -0.3 is 5.32 Å². The Labute approximate surface area is 101 Å². The molecule has 0 aliphatic carbocycles. The van der Waals surface area contributed by atoms with Gasteiger partial charge in [-0.3, -0.25) is 9.78 Å². The fraction of sp³-hybridized carbons (Fsp3) is 0.500. The van der Waals surface area contributed by atoms with Crippen molar-refractivity contribution in [2.24, 2.45) is 7.05 Å². The second kappa shape index (κ2) is 4.71. The molecular weight excluding hydrogens is 214 g/mol. The number of hydrogen-bond donors (Lipinski definition) is 2. The molecule has 0 unspecified atom stereocenters. The molecule has 2 aromatic heterocycles. The highest BCUT2D eigenvalue weighted by Gasteiger charge is 2.07. The molecule has 0 aliphatic rings. The minimum atomic E-state index is 0.836. The zero-order valence-corrected chi connectivity index (χ0v) is 10.8. The van der Waals surface area contributed by atoms with Gasteiger partial charge in [-0.1, -0.05) is 0 Å². The molecule has 0 radical (unpaired) electrons. The third-order valence-corrected chi connectivity index (χ3v) is 3.23. The average molecular weight is 233 g/mol. The summed E-state index contributed by atoms with van der Waals surface area (Å²) in [4.78, 5) is 0. The van der Waals surface area contributed by atoms with E-state index >= 15 is 0 Å². The number of rotatable bonds is 4. The van der Waals surface area contributed by atoms with Crippen LogP contribution in [0.15, 0.2) is 6.20 Å². The summed E-state index contributed by atoms with van der Waals surface area (Å²) in [6.07, 6.45) is 1.91. The number of aromatic amines is 1. The molecule has 0 atom stereocenters. The molecule has 2 aromatic rings. The Balaban J connectivity index is 1.94. The first kappa shape index (κ1) is 11.9. The van der Waals surface area contributed by atoms with Gasteiger partial charge >= 0.3 is 0 Å². The first-order valence-corrected chi connectivity index (χ1v) is 5.78. The predicted octanol–water partition coefficient (Wildman–Crippen LogP) is 1.36. The maximum Gasteiger partial charge on any atom is 0.0638 e. The van der Waals surface area contributed by atoms with Crippen LogP contribution in [0.3, 0.4) is 0 Å². The summed E-state index contributed by atoms with van der Waals surface area (Å²) in [5.74, 6) is 0. The summed E-state index contributed by atoms with van der Waals surface area (Å²) in [5.41, 5.74) is 5.91. The van der Waals surface area contributed by atoms with E-state index < -0.39 is 0 Å². The Morgan fingerprint density at radius 2 is 2.06 bits per heavy atom. The number of hydrogen-bond acceptors (Lipinski definition) is 3. The molecule has 92 valence electrons. The normalized spacial score (nSPS) is 11.1. The Hall–Kier alpha value is -1.62. The van der Waals surface area contributed by atoms with Crippen molar-refractivity contribution in [1.82, 2.24) is 25.3 Å². The Kier molecular flexibility index (Phi) is 3.28. The highest BCUT2D eigenvalue weighted by Crippen LogP contribution is 2.10. The maximum absolute atomic E-state index is 4.23. The van der Waals surface area contributed by atoms with Gasteiger partial charge in [0.15, 0.2) is 0 Å². The third-order valence-electron chi connectivity index (χ3n) is 3.23. The smallest absolute Gasteiger partial charge is 0.0638 e. The monoisotopic (exact) mass is 233 g/mol. The molecule has 5 nitrogen and oxygen atoms in total. The summed E-state index contributed by atoms with van der Waals surface area (Å²) in [6.45, 7) is 7.83. The van der Waals surface area contributed by atoms with Crippen LogP contribution in [0.1, 0.15) is 28.2 Å². The fourth-order valence-corrected chi connectivity index (χ4v) is 1.87. The number of aromatic nitrogens is 4. The van der Waals surface area contributed by atoms with Crippen molar-refractivity contribution >= 4 is 0 Å². The van der Waals surface area contributed by atoms with Gasteiger partial charge in [0, 0.05) is 42.7 Å². The molecule has 0 saturated carbocycles. The number of H-pyrrole nitrogens is 1. The summed E-state index contributed by atoms with van der Waals surface area (Å²) < 4.78 is 1.89. The molecule has 2 N–H and O–H groups in total. The van der Waals surface area contributed by atoms with Gasteiger partial charge in [-0.15, -0.1) is 0 Å². The molecule has 0 fully saturated rings. The lowest BCUT2D eigenvalue weighted by molar-refractivity contribution is 0.680. The Morgan fingerprint density at radius 1 is 1.29 bits per heavy atom. The van der Waals surface area contributed by atoms with E-state index in [-0.39, 0.29) is 0 Å². The fourth-order valence-electron chi connectivity index (χ4n) is 1.87. The highest BCUT2D eigenvalue weighted by molar-refractivity contribution is 5.23. The second-order valence-corrected chi connectivity index (χ2v) is 4.39. The minimum Gasteiger partial charge on any atom is -0.308 e. The molecule has 2 heterocycles. The largest absolute Gasteiger partial charge is 0.308 e. The lowest BCUT2D eigenvalue weighted by Crippen LogP contribution is -2.14. The number of nitrogens with zero attached hydrogens (tertiary/aromatic N) is 3. The quantitative estimate of drug-likeness (QED) is 0.838. The van der Waals surface area contributed by atoms with E-state index in [0.29, 0.717) is 0 Å². The van der Waals surface area contributed by atoms with Crippen molar-refractivity contribution < 1.29 is 0 Å². The van der Waals surface area contributed by atoms with Crippen LogP contribution in [0.4, 0.5) is 0 Å². The van der Waals surface area contributed by atoms with Crippen molar-refractivity contribution in [3.63, 3.8) is 0 Å². The van der Waals surface area contributed by atoms with Crippen molar-refractivity contribution in [1.29, 1.82) is 0 Å². The van der Waals surface area contributed by atoms with E-state index in [0.717, 1.165) is 24.5 Å². The molecule has 17 heavy (non-hydrogen) atoms. The van der Waals surface area contributed by atoms with Crippen molar-refractivity contribution in [3.8, 4) is 0 Å². The zero-order chi connectivity index (χ0) is 12.4. The number of aryl methyl sites for hydroxylation is 3. The van der Waals surface area contributed by atoms with Crippen LogP contribution >= 0.6 is 0 Å². The number of nitrogens with one attached hydrogen (secondary N) is 2. The molecule has 0 saturated heterocycles. The molecule has 0 bridgehead atoms. The van der Waals surface area contributed by atoms with E-state index in [1.54, 1.807) is 0 Å². The molecule has 0 spiro atoms. The molecule has 0 aromatic carbocycles. The second-order valence-electron chi connectivity index (χ2n) is 4.39. The Morgan fingerprint density at radius 3 is 2.59 bits per heavy atom. The third kappa shape index (κ3) is 2.39. The van der Waals surface area contributed by atoms with Gasteiger partial charge in [0.25, 0.3) is 0 Å². The standard InChI is InChI=1S/C12H19N5/c1-8-12(9(2)16-15-8)7-13-5-11-6-14-17(4)10(11)3/h6,13H,5,7H2,1-4H3,(H,15,16). The van der Waals surface area contributed by atoms with Crippen LogP contribution in [0.2, 0.25) is 0 Å². The minimum absolute atomic E-state index is 0.836. The van der Waals surface area contributed by atoms with Crippen LogP contribution < -0.4 is 5.32 Å². The van der Waals surface area contributed by atoms with Gasteiger partial charge in [0.05, 0.1) is 11.9 Å². The summed E-state index contributed by atoms with van der Waals surface area (Å²) >= 11 is 0. The van der Waals surface area contributed by atoms with E-state index in [9.17, 15) is 0 Å². The topological polar surface area (TPSA) is 58.5 Å². The van der Waals surface area contributed by atoms with Crippen molar-refractivity contribution in [2.75, 3.05) is 0 Å². The lowest BCUT2D eigenvalue weighted by Gasteiger charge is -2.05. The van der Waals surface area contributed by atoms with Crippen LogP contribution in [0.5, 0.6) is 0 Å². The van der Waals surface area contributed by atoms with Crippen LogP contribution in [-0.2, 0) is 20.1 Å². The van der Waals surface area contributed by atoms with Crippen molar-refractivity contribution in [2.45, 2.75) is 33.9 Å². The van der Waals surface area contributed by atoms with Gasteiger partial charge in [-0.25, -0.2) is 0 Å². The van der Waals surface area contributed by atoms with Gasteiger partial charge in [-0.2, -0.15) is 10.2 Å². The molecule has 0 aliphatic heterocycles. The maximum atomic E-state index is 4.23. The average Bonchev–Trinajstić information content (AvgIpc) is 2.78. The molecular formula is C12H19N5. The van der Waals surface area contributed by atoms with E-state index in [4.69, 9.17) is 0 Å². The van der Waals surface area contributed by atoms with Crippen LogP contribution in [0.25, 0.3) is 0 Å². The first-order valence-electron chi connectivity index (χ1n) is 5.78. The van der Waals surface area contributed by atoms with E-state index in [1.165, 1.54) is 16.8 Å². The summed E-state index contributed by atoms with van der Waals surface area (Å²) in [5, 5.41) is 14.8. The molecule has 5 heteroatoms. The Bertz CT molecular complexity index is 489. The lowest BCUT2D eigenvalue weighted by atomic mass is 10.2. The zero-order valence-electron chi connectivity index (χ0n) is 10.8. The van der Waals surface area contributed by atoms with Gasteiger partial charge in [-0.05, 0) is 20.8 Å². The summed E-state index contributed by atoms with van der Waals surface area (Å²) in [7, 11) is 1.96. The van der Waals surface area contributed by atoms with Gasteiger partial charge in [0.1, 0.15) is 0 Å². The first-order chi connectivity index (χ1) is 8.09. The van der Waals surface area contributed by atoms with Crippen LogP contribution in [-0.4, -0.2) is 20.0 Å². The van der Waals surface area contributed by atoms with Gasteiger partial charge in [0.2, 0.25) is 0 Å². The predicted molar refractivity (Wildman–Crippen MR) is 66.6 cm³/mol. The molecule has 2 rings (SSSR count). The SMILES string of the molecule is Cc1n[nH]c(C)c1CNCc1cnn(C)c1C.